The van der Waals surface area contributed by atoms with Crippen molar-refractivity contribution in [2.24, 2.45) is 5.11 Å². The van der Waals surface area contributed by atoms with Crippen LogP contribution in [-0.2, 0) is 9.47 Å². The second-order valence-corrected chi connectivity index (χ2v) is 2.68. The summed E-state index contributed by atoms with van der Waals surface area (Å²) in [6.07, 6.45) is 0.374. The number of nitrogens with zero attached hydrogens (tertiary/aromatic N) is 3. The normalized spacial score (nSPS) is 34.6. The van der Waals surface area contributed by atoms with E-state index in [1.54, 1.807) is 7.11 Å². The Hall–Kier alpha value is -0.705. The van der Waals surface area contributed by atoms with Crippen molar-refractivity contribution in [3.8, 4) is 0 Å². The van der Waals surface area contributed by atoms with E-state index in [0.29, 0.717) is 13.0 Å². The second kappa shape index (κ2) is 4.35. The predicted octanol–water partition coefficient (Wildman–Crippen LogP) is 0.595. The molecule has 0 aromatic rings. The Labute approximate surface area is 72.1 Å². The third kappa shape index (κ3) is 2.14. The zero-order chi connectivity index (χ0) is 8.97. The molecule has 1 aliphatic rings. The molecular formula is C6H10BN3O2. The van der Waals surface area contributed by atoms with Crippen molar-refractivity contribution in [3.63, 3.8) is 0 Å². The van der Waals surface area contributed by atoms with Gasteiger partial charge in [0, 0.05) is 18.0 Å². The van der Waals surface area contributed by atoms with Gasteiger partial charge in [0.1, 0.15) is 7.85 Å². The fourth-order valence-corrected chi connectivity index (χ4v) is 1.26. The molecule has 0 spiro atoms. The zero-order valence-electron chi connectivity index (χ0n) is 6.88. The van der Waals surface area contributed by atoms with Crippen LogP contribution in [0.2, 0.25) is 0 Å². The highest BCUT2D eigenvalue weighted by Crippen LogP contribution is 2.21. The third-order valence-electron chi connectivity index (χ3n) is 1.78. The fraction of sp³-hybridized carbons (Fsp3) is 1.00. The zero-order valence-corrected chi connectivity index (χ0v) is 6.88. The maximum atomic E-state index is 8.22. The lowest BCUT2D eigenvalue weighted by atomic mass is 9.95. The van der Waals surface area contributed by atoms with Gasteiger partial charge in [0.15, 0.2) is 0 Å². The predicted molar refractivity (Wildman–Crippen MR) is 43.8 cm³/mol. The lowest BCUT2D eigenvalue weighted by Gasteiger charge is -2.12. The summed E-state index contributed by atoms with van der Waals surface area (Å²) in [5.41, 5.74) is 8.22. The minimum absolute atomic E-state index is 0.190. The Bertz CT molecular complexity index is 195. The molecule has 0 unspecified atom stereocenters. The van der Waals surface area contributed by atoms with E-state index in [9.17, 15) is 0 Å². The topological polar surface area (TPSA) is 67.2 Å². The number of methoxy groups -OCH3 is 1. The van der Waals surface area contributed by atoms with Crippen LogP contribution in [0.1, 0.15) is 6.42 Å². The van der Waals surface area contributed by atoms with Gasteiger partial charge in [0.05, 0.1) is 18.8 Å². The lowest BCUT2D eigenvalue weighted by Crippen LogP contribution is -2.24. The van der Waals surface area contributed by atoms with Crippen molar-refractivity contribution in [1.82, 2.24) is 0 Å². The van der Waals surface area contributed by atoms with Gasteiger partial charge in [-0.05, 0) is 12.0 Å². The Morgan fingerprint density at radius 2 is 2.58 bits per heavy atom. The van der Waals surface area contributed by atoms with Gasteiger partial charge in [0.2, 0.25) is 0 Å². The summed E-state index contributed by atoms with van der Waals surface area (Å²) >= 11 is 0. The molecular weight excluding hydrogens is 157 g/mol. The van der Waals surface area contributed by atoms with Crippen LogP contribution < -0.4 is 0 Å². The van der Waals surface area contributed by atoms with Gasteiger partial charge in [0.25, 0.3) is 0 Å². The first-order valence-corrected chi connectivity index (χ1v) is 3.72. The quantitative estimate of drug-likeness (QED) is 0.267. The molecule has 0 amide bonds. The minimum atomic E-state index is -0.333. The van der Waals surface area contributed by atoms with E-state index in [1.807, 2.05) is 0 Å². The van der Waals surface area contributed by atoms with Gasteiger partial charge in [-0.25, -0.2) is 0 Å². The Balaban J connectivity index is 2.52. The summed E-state index contributed by atoms with van der Waals surface area (Å²) < 4.78 is 10.1. The van der Waals surface area contributed by atoms with E-state index >= 15 is 0 Å². The first-order valence-electron chi connectivity index (χ1n) is 3.72. The van der Waals surface area contributed by atoms with Crippen molar-refractivity contribution in [2.45, 2.75) is 24.6 Å². The Morgan fingerprint density at radius 3 is 3.17 bits per heavy atom. The first-order chi connectivity index (χ1) is 5.77. The van der Waals surface area contributed by atoms with Crippen molar-refractivity contribution >= 4 is 7.85 Å². The fourth-order valence-electron chi connectivity index (χ4n) is 1.26. The average Bonchev–Trinajstić information content (AvgIpc) is 2.33. The molecule has 0 aliphatic carbocycles. The van der Waals surface area contributed by atoms with Gasteiger partial charge >= 0.3 is 0 Å². The minimum Gasteiger partial charge on any atom is -0.382 e. The number of ether oxygens (including phenoxy) is 2. The van der Waals surface area contributed by atoms with Crippen LogP contribution in [0.15, 0.2) is 5.11 Å². The van der Waals surface area contributed by atoms with Crippen molar-refractivity contribution in [2.75, 3.05) is 13.7 Å². The van der Waals surface area contributed by atoms with Gasteiger partial charge in [-0.3, -0.25) is 0 Å². The number of azide groups is 1. The molecule has 0 aromatic heterocycles. The van der Waals surface area contributed by atoms with Crippen LogP contribution >= 0.6 is 0 Å². The highest BCUT2D eigenvalue weighted by Gasteiger charge is 2.31. The molecule has 0 saturated carbocycles. The van der Waals surface area contributed by atoms with E-state index < -0.39 is 0 Å². The molecule has 1 saturated heterocycles. The van der Waals surface area contributed by atoms with E-state index in [2.05, 4.69) is 10.0 Å². The second-order valence-electron chi connectivity index (χ2n) is 2.68. The van der Waals surface area contributed by atoms with Crippen molar-refractivity contribution in [1.29, 1.82) is 0 Å². The van der Waals surface area contributed by atoms with E-state index in [0.717, 1.165) is 0 Å². The number of hydrogen-bond donors (Lipinski definition) is 0. The standard InChI is InChI=1S/C6H10BN3O2/c1-11-3-5-4(9-10-8)2-6(7)12-5/h4-6H,2-3H2,1H3/t4-,5-,6-/m1/s1. The van der Waals surface area contributed by atoms with Crippen LogP contribution in [-0.4, -0.2) is 39.7 Å². The molecule has 1 fully saturated rings. The molecule has 3 atom stereocenters. The Kier molecular flexibility index (Phi) is 3.40. The van der Waals surface area contributed by atoms with Crippen LogP contribution in [0.4, 0.5) is 0 Å². The van der Waals surface area contributed by atoms with Crippen molar-refractivity contribution < 1.29 is 9.47 Å². The van der Waals surface area contributed by atoms with Crippen LogP contribution in [0.5, 0.6) is 0 Å². The largest absolute Gasteiger partial charge is 0.382 e. The van der Waals surface area contributed by atoms with Crippen LogP contribution in [0.25, 0.3) is 10.4 Å². The molecule has 5 nitrogen and oxygen atoms in total. The van der Waals surface area contributed by atoms with Gasteiger partial charge in [-0.15, -0.1) is 0 Å². The van der Waals surface area contributed by atoms with E-state index in [4.69, 9.17) is 22.9 Å². The highest BCUT2D eigenvalue weighted by atomic mass is 16.5. The SMILES string of the molecule is [B][C@H]1C[C@@H](N=[N+]=[N-])[C@@H](COC)O1. The summed E-state index contributed by atoms with van der Waals surface area (Å²) in [5.74, 6) is 0. The summed E-state index contributed by atoms with van der Waals surface area (Å²) in [6, 6.07) is -0.523. The molecule has 2 radical (unpaired) electrons. The molecule has 12 heavy (non-hydrogen) atoms. The summed E-state index contributed by atoms with van der Waals surface area (Å²) in [5, 5.41) is 3.57. The van der Waals surface area contributed by atoms with Gasteiger partial charge in [-0.1, -0.05) is 5.11 Å². The first kappa shape index (κ1) is 9.38. The average molecular weight is 167 g/mol. The maximum Gasteiger partial charge on any atom is 0.109 e. The Morgan fingerprint density at radius 1 is 1.83 bits per heavy atom. The third-order valence-corrected chi connectivity index (χ3v) is 1.78. The van der Waals surface area contributed by atoms with Crippen molar-refractivity contribution in [3.05, 3.63) is 10.4 Å². The molecule has 6 heteroatoms. The summed E-state index contributed by atoms with van der Waals surface area (Å²) in [7, 11) is 7.08. The summed E-state index contributed by atoms with van der Waals surface area (Å²) in [6.45, 7) is 0.414. The molecule has 0 bridgehead atoms. The molecule has 0 N–H and O–H groups in total. The lowest BCUT2D eigenvalue weighted by molar-refractivity contribution is 0.0201. The maximum absolute atomic E-state index is 8.22. The molecule has 1 aliphatic heterocycles. The van der Waals surface area contributed by atoms with Gasteiger partial charge < -0.3 is 9.47 Å². The number of rotatable bonds is 3. The molecule has 1 rings (SSSR count). The van der Waals surface area contributed by atoms with Crippen LogP contribution in [0.3, 0.4) is 0 Å². The monoisotopic (exact) mass is 167 g/mol. The smallest absolute Gasteiger partial charge is 0.109 e. The molecule has 0 aromatic carbocycles. The highest BCUT2D eigenvalue weighted by molar-refractivity contribution is 6.11. The van der Waals surface area contributed by atoms with Gasteiger partial charge in [-0.2, -0.15) is 0 Å². The van der Waals surface area contributed by atoms with E-state index in [-0.39, 0.29) is 18.1 Å². The molecule has 1 heterocycles. The molecule has 64 valence electrons. The van der Waals surface area contributed by atoms with Crippen LogP contribution in [0, 0.1) is 0 Å². The van der Waals surface area contributed by atoms with E-state index in [1.165, 1.54) is 0 Å². The number of hydrogen-bond acceptors (Lipinski definition) is 3. The summed E-state index contributed by atoms with van der Waals surface area (Å²) in [4.78, 5) is 2.72.